The van der Waals surface area contributed by atoms with Crippen LogP contribution in [0.1, 0.15) is 32.6 Å². The molecule has 4 atom stereocenters. The molecule has 0 spiro atoms. The van der Waals surface area contributed by atoms with Crippen molar-refractivity contribution < 1.29 is 23.9 Å². The summed E-state index contributed by atoms with van der Waals surface area (Å²) in [6.45, 7) is 0. The van der Waals surface area contributed by atoms with Crippen LogP contribution in [0.3, 0.4) is 0 Å². The van der Waals surface area contributed by atoms with Crippen molar-refractivity contribution in [1.82, 2.24) is 0 Å². The molecule has 5 aromatic carbocycles. The predicted octanol–water partition coefficient (Wildman–Crippen LogP) is 6.66. The number of allylic oxidation sites excluding steroid dienone is 2. The van der Waals surface area contributed by atoms with Crippen LogP contribution in [0.4, 0.5) is 5.69 Å². The maximum atomic E-state index is 15.9. The number of ether oxygens (including phenoxy) is 1. The van der Waals surface area contributed by atoms with Gasteiger partial charge >= 0.3 is 5.97 Å². The molecule has 228 valence electrons. The fourth-order valence-electron chi connectivity index (χ4n) is 8.48. The molecule has 4 unspecified atom stereocenters. The van der Waals surface area contributed by atoms with Crippen LogP contribution in [0.2, 0.25) is 0 Å². The van der Waals surface area contributed by atoms with Crippen molar-refractivity contribution >= 4 is 40.4 Å². The van der Waals surface area contributed by atoms with Crippen molar-refractivity contribution in [3.05, 3.63) is 173 Å². The first kappa shape index (κ1) is 28.6. The third-order valence-corrected chi connectivity index (χ3v) is 10.1. The average molecular weight is 616 g/mol. The number of fused-ring (bicyclic) bond motifs is 5. The Balaban J connectivity index is 1.51. The first-order valence-electron chi connectivity index (χ1n) is 15.6. The Kier molecular flexibility index (Phi) is 6.44. The number of anilines is 1. The van der Waals surface area contributed by atoms with Gasteiger partial charge in [-0.05, 0) is 51.6 Å². The average Bonchev–Trinajstić information content (AvgIpc) is 3.64. The quantitative estimate of drug-likeness (QED) is 0.158. The molecule has 2 aliphatic carbocycles. The summed E-state index contributed by atoms with van der Waals surface area (Å²) < 4.78 is 4.94. The van der Waals surface area contributed by atoms with Crippen LogP contribution in [0.5, 0.6) is 0 Å². The number of amides is 2. The van der Waals surface area contributed by atoms with Crippen molar-refractivity contribution in [3.8, 4) is 0 Å². The van der Waals surface area contributed by atoms with Gasteiger partial charge in [0.25, 0.3) is 0 Å². The van der Waals surface area contributed by atoms with E-state index in [9.17, 15) is 4.79 Å². The Bertz CT molecular complexity index is 1990. The number of rotatable bonds is 6. The Morgan fingerprint density at radius 3 is 1.43 bits per heavy atom. The highest BCUT2D eigenvalue weighted by molar-refractivity contribution is 6.39. The van der Waals surface area contributed by atoms with Crippen LogP contribution in [-0.4, -0.2) is 30.7 Å². The van der Waals surface area contributed by atoms with Crippen LogP contribution in [0.15, 0.2) is 146 Å². The van der Waals surface area contributed by atoms with Crippen molar-refractivity contribution in [2.45, 2.75) is 10.8 Å². The molecule has 2 amide bonds. The number of imide groups is 1. The zero-order valence-corrected chi connectivity index (χ0v) is 25.5. The van der Waals surface area contributed by atoms with Crippen LogP contribution in [-0.2, 0) is 30.0 Å². The maximum absolute atomic E-state index is 15.9. The number of nitrogens with zero attached hydrogens (tertiary/aromatic N) is 1. The summed E-state index contributed by atoms with van der Waals surface area (Å²) in [5, 5.41) is 0. The summed E-state index contributed by atoms with van der Waals surface area (Å²) >= 11 is 0. The van der Waals surface area contributed by atoms with Crippen molar-refractivity contribution in [1.29, 1.82) is 0 Å². The van der Waals surface area contributed by atoms with Crippen molar-refractivity contribution in [3.63, 3.8) is 0 Å². The second-order valence-corrected chi connectivity index (χ2v) is 12.2. The summed E-state index contributed by atoms with van der Waals surface area (Å²) in [6.07, 6.45) is 0. The molecule has 1 saturated carbocycles. The second kappa shape index (κ2) is 10.6. The number of benzene rings is 5. The van der Waals surface area contributed by atoms with E-state index in [1.165, 1.54) is 18.1 Å². The number of esters is 1. The van der Waals surface area contributed by atoms with Gasteiger partial charge in [0, 0.05) is 0 Å². The molecule has 2 fully saturated rings. The highest BCUT2D eigenvalue weighted by Gasteiger charge is 2.82. The van der Waals surface area contributed by atoms with E-state index in [2.05, 4.69) is 0 Å². The second-order valence-electron chi connectivity index (χ2n) is 12.2. The lowest BCUT2D eigenvalue weighted by atomic mass is 9.59. The van der Waals surface area contributed by atoms with E-state index in [1.54, 1.807) is 18.2 Å². The lowest BCUT2D eigenvalue weighted by Crippen LogP contribution is -2.45. The van der Waals surface area contributed by atoms with Gasteiger partial charge in [-0.15, -0.1) is 0 Å². The minimum absolute atomic E-state index is 0.181. The highest BCUT2D eigenvalue weighted by Crippen LogP contribution is 2.74. The first-order valence-corrected chi connectivity index (χ1v) is 15.6. The first-order chi connectivity index (χ1) is 23.0. The van der Waals surface area contributed by atoms with Gasteiger partial charge in [-0.3, -0.25) is 14.4 Å². The highest BCUT2D eigenvalue weighted by atomic mass is 16.5. The minimum Gasteiger partial charge on any atom is -0.465 e. The molecule has 47 heavy (non-hydrogen) atoms. The van der Waals surface area contributed by atoms with Crippen LogP contribution in [0.25, 0.3) is 11.1 Å². The minimum atomic E-state index is -1.49. The molecule has 2 bridgehead atoms. The van der Waals surface area contributed by atoms with Crippen LogP contribution in [0, 0.1) is 11.8 Å². The Morgan fingerprint density at radius 2 is 1.00 bits per heavy atom. The van der Waals surface area contributed by atoms with E-state index in [0.717, 1.165) is 22.3 Å². The van der Waals surface area contributed by atoms with Gasteiger partial charge in [0.05, 0.1) is 41.0 Å². The summed E-state index contributed by atoms with van der Waals surface area (Å²) in [7, 11) is 1.28. The number of hydrogen-bond donors (Lipinski definition) is 0. The van der Waals surface area contributed by atoms with Crippen molar-refractivity contribution in [2.24, 2.45) is 11.8 Å². The lowest BCUT2D eigenvalue weighted by molar-refractivity contribution is -0.130. The number of carbonyl (C=O) groups is 4. The standard InChI is InChI=1S/C41H29NO5/c1-47-38(45)28-19-14-24-31(25-28)42-36(43)34-35(37(42)44)41(30-22-12-5-13-23-30)33(27-17-8-3-9-18-27)32(26-15-6-2-7-16-26)40(34,39(41)46)29-20-10-4-11-21-29/h2-25,34-35H,1H3. The van der Waals surface area contributed by atoms with Gasteiger partial charge in [-0.25, -0.2) is 9.69 Å². The topological polar surface area (TPSA) is 80.8 Å². The predicted molar refractivity (Wildman–Crippen MR) is 178 cm³/mol. The third-order valence-electron chi connectivity index (χ3n) is 10.1. The smallest absolute Gasteiger partial charge is 0.337 e. The number of hydrogen-bond acceptors (Lipinski definition) is 5. The summed E-state index contributed by atoms with van der Waals surface area (Å²) in [6, 6.07) is 44.6. The zero-order valence-electron chi connectivity index (χ0n) is 25.5. The van der Waals surface area contributed by atoms with E-state index >= 15 is 14.4 Å². The molecule has 1 heterocycles. The monoisotopic (exact) mass is 615 g/mol. The van der Waals surface area contributed by atoms with E-state index in [-0.39, 0.29) is 17.0 Å². The van der Waals surface area contributed by atoms with Gasteiger partial charge in [-0.1, -0.05) is 127 Å². The summed E-state index contributed by atoms with van der Waals surface area (Å²) in [5.41, 5.74) is 1.91. The normalized spacial score (nSPS) is 24.5. The van der Waals surface area contributed by atoms with E-state index in [4.69, 9.17) is 4.74 Å². The Labute approximate surface area is 271 Å². The summed E-state index contributed by atoms with van der Waals surface area (Å²) in [5.74, 6) is -3.80. The molecular weight excluding hydrogens is 586 g/mol. The van der Waals surface area contributed by atoms with Gasteiger partial charge in [0.15, 0.2) is 5.78 Å². The maximum Gasteiger partial charge on any atom is 0.337 e. The number of Topliss-reactive ketones (excluding diaryl/α,β-unsaturated/α-hetero) is 1. The molecule has 1 aliphatic heterocycles. The molecule has 0 radical (unpaired) electrons. The molecule has 3 aliphatic rings. The molecule has 6 nitrogen and oxygen atoms in total. The number of carbonyl (C=O) groups excluding carboxylic acids is 4. The fourth-order valence-corrected chi connectivity index (χ4v) is 8.48. The van der Waals surface area contributed by atoms with Gasteiger partial charge in [0.2, 0.25) is 11.8 Å². The zero-order chi connectivity index (χ0) is 32.3. The van der Waals surface area contributed by atoms with E-state index in [1.807, 2.05) is 121 Å². The largest absolute Gasteiger partial charge is 0.465 e. The molecule has 0 N–H and O–H groups in total. The van der Waals surface area contributed by atoms with E-state index < -0.39 is 40.4 Å². The molecule has 6 heteroatoms. The third kappa shape index (κ3) is 3.67. The Morgan fingerprint density at radius 1 is 0.574 bits per heavy atom. The van der Waals surface area contributed by atoms with E-state index in [0.29, 0.717) is 11.1 Å². The molecular formula is C41H29NO5. The summed E-state index contributed by atoms with van der Waals surface area (Å²) in [4.78, 5) is 59.7. The number of methoxy groups -OCH3 is 1. The number of ketones is 1. The SMILES string of the molecule is COC(=O)c1cccc(N2C(=O)C3C(C2=O)C2(c4ccccc4)C(=O)C3(c3ccccc3)C(c3ccccc3)=C2c2ccccc2)c1. The van der Waals surface area contributed by atoms with Gasteiger partial charge in [0.1, 0.15) is 0 Å². The van der Waals surface area contributed by atoms with Gasteiger partial charge in [-0.2, -0.15) is 0 Å². The van der Waals surface area contributed by atoms with Gasteiger partial charge < -0.3 is 4.74 Å². The Hall–Kier alpha value is -5.88. The van der Waals surface area contributed by atoms with Crippen LogP contribution >= 0.6 is 0 Å². The van der Waals surface area contributed by atoms with Crippen LogP contribution < -0.4 is 4.90 Å². The lowest BCUT2D eigenvalue weighted by Gasteiger charge is -2.39. The molecule has 1 saturated heterocycles. The molecule has 0 aromatic heterocycles. The molecule has 8 rings (SSSR count). The fraction of sp³-hybridized carbons (Fsp3) is 0.122. The van der Waals surface area contributed by atoms with Crippen molar-refractivity contribution in [2.75, 3.05) is 12.0 Å². The molecule has 5 aromatic rings.